The van der Waals surface area contributed by atoms with Crippen molar-refractivity contribution in [1.82, 2.24) is 9.88 Å². The number of carbonyl (C=O) groups excluding carboxylic acids is 1. The number of pyridine rings is 1. The number of aromatic amines is 1. The Labute approximate surface area is 244 Å². The Balaban J connectivity index is 1.25. The molecule has 2 N–H and O–H groups in total. The zero-order chi connectivity index (χ0) is 29.6. The van der Waals surface area contributed by atoms with Gasteiger partial charge in [0.1, 0.15) is 5.75 Å². The molecular formula is C34H33N3O5. The number of para-hydroxylation sites is 2. The van der Waals surface area contributed by atoms with Gasteiger partial charge in [-0.25, -0.2) is 0 Å². The number of benzene rings is 4. The van der Waals surface area contributed by atoms with Crippen molar-refractivity contribution in [3.05, 3.63) is 112 Å². The van der Waals surface area contributed by atoms with Crippen molar-refractivity contribution >= 4 is 39.5 Å². The smallest absolute Gasteiger partial charge is 0.257 e. The summed E-state index contributed by atoms with van der Waals surface area (Å²) < 4.78 is 16.2. The normalized spacial score (nSPS) is 11.4. The Kier molecular flexibility index (Phi) is 8.55. The first-order valence-corrected chi connectivity index (χ1v) is 13.5. The topological polar surface area (TPSA) is 92.9 Å². The minimum atomic E-state index is -0.314. The minimum Gasteiger partial charge on any atom is -0.495 e. The molecule has 0 radical (unpaired) electrons. The summed E-state index contributed by atoms with van der Waals surface area (Å²) in [5.41, 5.74) is 4.04. The molecule has 0 aliphatic carbocycles. The number of amides is 1. The first-order valence-electron chi connectivity index (χ1n) is 13.5. The van der Waals surface area contributed by atoms with Gasteiger partial charge < -0.3 is 24.5 Å². The first-order chi connectivity index (χ1) is 20.4. The maximum atomic E-state index is 13.3. The predicted molar refractivity (Wildman–Crippen MR) is 168 cm³/mol. The molecule has 0 fully saturated rings. The van der Waals surface area contributed by atoms with Gasteiger partial charge >= 0.3 is 0 Å². The number of nitrogens with zero attached hydrogens (tertiary/aromatic N) is 1. The monoisotopic (exact) mass is 563 g/mol. The molecule has 0 aliphatic rings. The standard InChI is InChI=1S/C34H33N3O5/c1-37(21-23-15-18-28(40-2)30(20-23)42-4)19-7-8-22-13-16-24(17-14-22)35-34(39)27-11-5-9-25-31(27)36-32-26(33(25)38)10-6-12-29(32)41-3/h5-18,20H,19,21H2,1-4H3,(H,35,39)(H,36,38). The third-order valence-electron chi connectivity index (χ3n) is 7.09. The lowest BCUT2D eigenvalue weighted by Gasteiger charge is -2.16. The number of aromatic nitrogens is 1. The summed E-state index contributed by atoms with van der Waals surface area (Å²) in [6.07, 6.45) is 4.14. The number of hydrogen-bond donors (Lipinski definition) is 2. The average molecular weight is 564 g/mol. The molecule has 5 rings (SSSR count). The van der Waals surface area contributed by atoms with E-state index in [9.17, 15) is 9.59 Å². The number of H-pyrrole nitrogens is 1. The Bertz CT molecular complexity index is 1830. The molecule has 0 bridgehead atoms. The fraction of sp³-hybridized carbons (Fsp3) is 0.176. The van der Waals surface area contributed by atoms with Gasteiger partial charge in [0.05, 0.1) is 37.9 Å². The second kappa shape index (κ2) is 12.6. The molecule has 1 aromatic heterocycles. The van der Waals surface area contributed by atoms with Gasteiger partial charge in [0, 0.05) is 29.5 Å². The third-order valence-corrected chi connectivity index (χ3v) is 7.09. The molecule has 1 heterocycles. The zero-order valence-electron chi connectivity index (χ0n) is 24.1. The van der Waals surface area contributed by atoms with Crippen molar-refractivity contribution in [3.63, 3.8) is 0 Å². The minimum absolute atomic E-state index is 0.155. The van der Waals surface area contributed by atoms with Gasteiger partial charge in [-0.2, -0.15) is 0 Å². The molecule has 8 nitrogen and oxygen atoms in total. The number of likely N-dealkylation sites (N-methyl/N-ethyl adjacent to an activating group) is 1. The van der Waals surface area contributed by atoms with Crippen LogP contribution in [0, 0.1) is 0 Å². The van der Waals surface area contributed by atoms with E-state index in [2.05, 4.69) is 28.3 Å². The number of ether oxygens (including phenoxy) is 3. The van der Waals surface area contributed by atoms with Crippen LogP contribution in [-0.2, 0) is 6.54 Å². The molecule has 8 heteroatoms. The highest BCUT2D eigenvalue weighted by Crippen LogP contribution is 2.28. The van der Waals surface area contributed by atoms with E-state index in [0.717, 1.165) is 24.2 Å². The van der Waals surface area contributed by atoms with Crippen molar-refractivity contribution in [2.45, 2.75) is 6.54 Å². The maximum absolute atomic E-state index is 13.3. The van der Waals surface area contributed by atoms with Crippen LogP contribution in [-0.4, -0.2) is 50.7 Å². The SMILES string of the molecule is COc1ccc(CN(C)CC=Cc2ccc(NC(=O)c3cccc4c(=O)c5cccc(OC)c5[nH]c34)cc2)cc1OC. The maximum Gasteiger partial charge on any atom is 0.257 e. The summed E-state index contributed by atoms with van der Waals surface area (Å²) in [5.74, 6) is 1.65. The molecule has 4 aromatic carbocycles. The molecule has 0 saturated heterocycles. The number of anilines is 1. The van der Waals surface area contributed by atoms with Crippen LogP contribution in [0.3, 0.4) is 0 Å². The third kappa shape index (κ3) is 5.99. The summed E-state index contributed by atoms with van der Waals surface area (Å²) >= 11 is 0. The predicted octanol–water partition coefficient (Wildman–Crippen LogP) is 6.10. The van der Waals surface area contributed by atoms with E-state index >= 15 is 0 Å². The van der Waals surface area contributed by atoms with Crippen LogP contribution in [0.5, 0.6) is 17.2 Å². The number of nitrogens with one attached hydrogen (secondary N) is 2. The van der Waals surface area contributed by atoms with Gasteiger partial charge in [-0.3, -0.25) is 14.5 Å². The Morgan fingerprint density at radius 2 is 1.52 bits per heavy atom. The number of carbonyl (C=O) groups is 1. The van der Waals surface area contributed by atoms with Gasteiger partial charge in [0.25, 0.3) is 5.91 Å². The van der Waals surface area contributed by atoms with Crippen LogP contribution in [0.2, 0.25) is 0 Å². The van der Waals surface area contributed by atoms with Crippen LogP contribution in [0.25, 0.3) is 27.9 Å². The molecule has 0 aliphatic heterocycles. The van der Waals surface area contributed by atoms with E-state index in [1.165, 1.54) is 0 Å². The highest BCUT2D eigenvalue weighted by atomic mass is 16.5. The van der Waals surface area contributed by atoms with E-state index in [-0.39, 0.29) is 11.3 Å². The van der Waals surface area contributed by atoms with Gasteiger partial charge in [0.15, 0.2) is 16.9 Å². The number of fused-ring (bicyclic) bond motifs is 2. The van der Waals surface area contributed by atoms with Gasteiger partial charge in [0.2, 0.25) is 0 Å². The second-order valence-electron chi connectivity index (χ2n) is 9.93. The number of hydrogen-bond acceptors (Lipinski definition) is 6. The summed E-state index contributed by atoms with van der Waals surface area (Å²) in [6.45, 7) is 1.52. The van der Waals surface area contributed by atoms with E-state index < -0.39 is 0 Å². The fourth-order valence-corrected chi connectivity index (χ4v) is 4.95. The summed E-state index contributed by atoms with van der Waals surface area (Å²) in [4.78, 5) is 31.9. The molecule has 5 aromatic rings. The number of methoxy groups -OCH3 is 3. The summed E-state index contributed by atoms with van der Waals surface area (Å²) in [5, 5.41) is 3.90. The van der Waals surface area contributed by atoms with Crippen LogP contribution in [0.15, 0.2) is 89.7 Å². The zero-order valence-corrected chi connectivity index (χ0v) is 24.1. The van der Waals surface area contributed by atoms with E-state index in [0.29, 0.717) is 50.3 Å². The molecule has 1 amide bonds. The van der Waals surface area contributed by atoms with Crippen molar-refractivity contribution < 1.29 is 19.0 Å². The van der Waals surface area contributed by atoms with Crippen molar-refractivity contribution in [2.75, 3.05) is 40.2 Å². The largest absolute Gasteiger partial charge is 0.495 e. The Morgan fingerprint density at radius 1 is 0.833 bits per heavy atom. The van der Waals surface area contributed by atoms with E-state index in [1.54, 1.807) is 57.7 Å². The lowest BCUT2D eigenvalue weighted by Crippen LogP contribution is -2.17. The van der Waals surface area contributed by atoms with Crippen molar-refractivity contribution in [1.29, 1.82) is 0 Å². The summed E-state index contributed by atoms with van der Waals surface area (Å²) in [7, 11) is 6.87. The summed E-state index contributed by atoms with van der Waals surface area (Å²) in [6, 6.07) is 24.0. The van der Waals surface area contributed by atoms with E-state index in [4.69, 9.17) is 14.2 Å². The van der Waals surface area contributed by atoms with Crippen LogP contribution in [0.1, 0.15) is 21.5 Å². The molecule has 0 unspecified atom stereocenters. The van der Waals surface area contributed by atoms with Crippen LogP contribution >= 0.6 is 0 Å². The van der Waals surface area contributed by atoms with Crippen LogP contribution in [0.4, 0.5) is 5.69 Å². The van der Waals surface area contributed by atoms with Gasteiger partial charge in [-0.1, -0.05) is 42.5 Å². The van der Waals surface area contributed by atoms with Gasteiger partial charge in [-0.15, -0.1) is 0 Å². The van der Waals surface area contributed by atoms with Crippen molar-refractivity contribution in [2.24, 2.45) is 0 Å². The Hall–Kier alpha value is -5.08. The molecular weight excluding hydrogens is 530 g/mol. The van der Waals surface area contributed by atoms with Crippen molar-refractivity contribution in [3.8, 4) is 17.2 Å². The Morgan fingerprint density at radius 3 is 2.24 bits per heavy atom. The van der Waals surface area contributed by atoms with Gasteiger partial charge in [-0.05, 0) is 66.7 Å². The molecule has 0 spiro atoms. The molecule has 0 saturated carbocycles. The number of rotatable bonds is 10. The first kappa shape index (κ1) is 28.4. The molecule has 42 heavy (non-hydrogen) atoms. The lowest BCUT2D eigenvalue weighted by atomic mass is 10.1. The second-order valence-corrected chi connectivity index (χ2v) is 9.93. The highest BCUT2D eigenvalue weighted by Gasteiger charge is 2.16. The quantitative estimate of drug-likeness (QED) is 0.199. The molecule has 0 atom stereocenters. The lowest BCUT2D eigenvalue weighted by molar-refractivity contribution is 0.102. The average Bonchev–Trinajstić information content (AvgIpc) is 3.01. The van der Waals surface area contributed by atoms with Crippen LogP contribution < -0.4 is 25.0 Å². The van der Waals surface area contributed by atoms with E-state index in [1.807, 2.05) is 48.5 Å². The molecule has 214 valence electrons. The fourth-order valence-electron chi connectivity index (χ4n) is 4.95. The highest BCUT2D eigenvalue weighted by molar-refractivity contribution is 6.13.